The molecule has 88 valence electrons. The van der Waals surface area contributed by atoms with Gasteiger partial charge in [0, 0.05) is 16.2 Å². The fourth-order valence-electron chi connectivity index (χ4n) is 2.16. The van der Waals surface area contributed by atoms with Gasteiger partial charge in [-0.2, -0.15) is 0 Å². The monoisotopic (exact) mass is 243 g/mol. The Bertz CT molecular complexity index is 370. The van der Waals surface area contributed by atoms with Crippen molar-refractivity contribution in [3.05, 3.63) is 29.8 Å². The number of rotatable bonds is 3. The fourth-order valence-corrected chi connectivity index (χ4v) is 3.53. The number of thioether (sulfide) groups is 1. The summed E-state index contributed by atoms with van der Waals surface area (Å²) in [6.45, 7) is 0.653. The van der Waals surface area contributed by atoms with Gasteiger partial charge in [0.15, 0.2) is 0 Å². The molecule has 4 heteroatoms. The van der Waals surface area contributed by atoms with Crippen molar-refractivity contribution in [1.82, 2.24) is 0 Å². The number of hydrogen-bond acceptors (Lipinski definition) is 2. The second kappa shape index (κ2) is 5.15. The van der Waals surface area contributed by atoms with Crippen LogP contribution in [0.15, 0.2) is 23.1 Å². The molecule has 1 saturated carbocycles. The normalized spacial score (nSPS) is 24.9. The molecular formula is C12H15F2NS. The van der Waals surface area contributed by atoms with E-state index in [0.717, 1.165) is 25.3 Å². The minimum atomic E-state index is -0.524. The van der Waals surface area contributed by atoms with Gasteiger partial charge in [-0.1, -0.05) is 6.42 Å². The number of benzene rings is 1. The van der Waals surface area contributed by atoms with E-state index >= 15 is 0 Å². The zero-order chi connectivity index (χ0) is 11.5. The molecule has 0 spiro atoms. The highest BCUT2D eigenvalue weighted by molar-refractivity contribution is 8.00. The van der Waals surface area contributed by atoms with Crippen molar-refractivity contribution < 1.29 is 8.78 Å². The molecule has 0 aliphatic heterocycles. The molecule has 2 unspecified atom stereocenters. The average molecular weight is 243 g/mol. The van der Waals surface area contributed by atoms with Crippen LogP contribution in [0.4, 0.5) is 8.78 Å². The largest absolute Gasteiger partial charge is 0.330 e. The second-order valence-corrected chi connectivity index (χ2v) is 5.44. The second-order valence-electron chi connectivity index (χ2n) is 4.16. The molecule has 1 aliphatic rings. The van der Waals surface area contributed by atoms with Crippen molar-refractivity contribution in [1.29, 1.82) is 0 Å². The first-order valence-corrected chi connectivity index (χ1v) is 6.40. The topological polar surface area (TPSA) is 26.0 Å². The predicted molar refractivity (Wildman–Crippen MR) is 62.4 cm³/mol. The van der Waals surface area contributed by atoms with E-state index < -0.39 is 11.6 Å². The molecule has 0 saturated heterocycles. The van der Waals surface area contributed by atoms with Crippen LogP contribution in [0.1, 0.15) is 19.3 Å². The van der Waals surface area contributed by atoms with Gasteiger partial charge in [0.2, 0.25) is 0 Å². The number of halogens is 2. The van der Waals surface area contributed by atoms with Crippen LogP contribution in [-0.2, 0) is 0 Å². The Labute approximate surface area is 98.4 Å². The van der Waals surface area contributed by atoms with E-state index in [9.17, 15) is 8.78 Å². The van der Waals surface area contributed by atoms with Gasteiger partial charge >= 0.3 is 0 Å². The van der Waals surface area contributed by atoms with E-state index in [1.54, 1.807) is 0 Å². The summed E-state index contributed by atoms with van der Waals surface area (Å²) in [5, 5.41) is 0.380. The Hall–Kier alpha value is -0.610. The summed E-state index contributed by atoms with van der Waals surface area (Å²) >= 11 is 1.50. The Morgan fingerprint density at radius 3 is 2.81 bits per heavy atom. The van der Waals surface area contributed by atoms with Gasteiger partial charge in [0.25, 0.3) is 0 Å². The first-order chi connectivity index (χ1) is 7.70. The zero-order valence-corrected chi connectivity index (χ0v) is 9.77. The van der Waals surface area contributed by atoms with Crippen molar-refractivity contribution in [2.45, 2.75) is 29.4 Å². The van der Waals surface area contributed by atoms with Crippen LogP contribution in [0.2, 0.25) is 0 Å². The van der Waals surface area contributed by atoms with Crippen LogP contribution in [0.25, 0.3) is 0 Å². The highest BCUT2D eigenvalue weighted by atomic mass is 32.2. The van der Waals surface area contributed by atoms with E-state index in [-0.39, 0.29) is 0 Å². The summed E-state index contributed by atoms with van der Waals surface area (Å²) in [5.41, 5.74) is 5.67. The van der Waals surface area contributed by atoms with Crippen LogP contribution in [0, 0.1) is 17.6 Å². The molecule has 1 aromatic rings. The van der Waals surface area contributed by atoms with Crippen LogP contribution in [0.3, 0.4) is 0 Å². The Kier molecular flexibility index (Phi) is 3.82. The maximum absolute atomic E-state index is 13.4. The predicted octanol–water partition coefficient (Wildman–Crippen LogP) is 3.18. The molecule has 2 atom stereocenters. The number of nitrogens with two attached hydrogens (primary N) is 1. The quantitative estimate of drug-likeness (QED) is 0.882. The maximum atomic E-state index is 13.4. The van der Waals surface area contributed by atoms with Gasteiger partial charge in [-0.05, 0) is 37.4 Å². The van der Waals surface area contributed by atoms with Gasteiger partial charge in [0.1, 0.15) is 11.6 Å². The van der Waals surface area contributed by atoms with Gasteiger partial charge in [-0.25, -0.2) is 8.78 Å². The molecule has 0 aromatic heterocycles. The smallest absolute Gasteiger partial charge is 0.139 e. The molecule has 0 amide bonds. The lowest BCUT2D eigenvalue weighted by Crippen LogP contribution is -2.20. The molecule has 0 heterocycles. The summed E-state index contributed by atoms with van der Waals surface area (Å²) in [4.78, 5) is 0.534. The molecule has 2 rings (SSSR count). The van der Waals surface area contributed by atoms with Crippen molar-refractivity contribution in [3.63, 3.8) is 0 Å². The third-order valence-corrected chi connectivity index (χ3v) is 4.57. The van der Waals surface area contributed by atoms with E-state index in [2.05, 4.69) is 0 Å². The van der Waals surface area contributed by atoms with Crippen LogP contribution in [-0.4, -0.2) is 11.8 Å². The van der Waals surface area contributed by atoms with Crippen molar-refractivity contribution in [2.24, 2.45) is 11.7 Å². The standard InChI is InChI=1S/C12H15F2NS/c13-9-4-5-12(10(14)6-9)16-11-3-1-2-8(11)7-15/h4-6,8,11H,1-3,7,15H2. The lowest BCUT2D eigenvalue weighted by Gasteiger charge is -2.17. The Balaban J connectivity index is 2.08. The SMILES string of the molecule is NCC1CCCC1Sc1ccc(F)cc1F. The van der Waals surface area contributed by atoms with Gasteiger partial charge < -0.3 is 5.73 Å². The first kappa shape index (κ1) is 11.9. The van der Waals surface area contributed by atoms with E-state index in [0.29, 0.717) is 22.6 Å². The summed E-state index contributed by atoms with van der Waals surface area (Å²) in [5.74, 6) is -0.522. The highest BCUT2D eigenvalue weighted by Crippen LogP contribution is 2.39. The van der Waals surface area contributed by atoms with Crippen LogP contribution >= 0.6 is 11.8 Å². The van der Waals surface area contributed by atoms with E-state index in [4.69, 9.17) is 5.73 Å². The average Bonchev–Trinajstić information content (AvgIpc) is 2.69. The first-order valence-electron chi connectivity index (χ1n) is 5.52. The maximum Gasteiger partial charge on any atom is 0.139 e. The molecule has 16 heavy (non-hydrogen) atoms. The van der Waals surface area contributed by atoms with E-state index in [1.807, 2.05) is 0 Å². The Morgan fingerprint density at radius 1 is 1.31 bits per heavy atom. The molecule has 1 aliphatic carbocycles. The third kappa shape index (κ3) is 2.55. The van der Waals surface area contributed by atoms with Crippen LogP contribution < -0.4 is 5.73 Å². The molecule has 2 N–H and O–H groups in total. The van der Waals surface area contributed by atoms with E-state index in [1.165, 1.54) is 23.9 Å². The van der Waals surface area contributed by atoms with Gasteiger partial charge in [-0.15, -0.1) is 11.8 Å². The number of hydrogen-bond donors (Lipinski definition) is 1. The molecule has 0 bridgehead atoms. The lowest BCUT2D eigenvalue weighted by atomic mass is 10.1. The van der Waals surface area contributed by atoms with Crippen molar-refractivity contribution in [2.75, 3.05) is 6.54 Å². The van der Waals surface area contributed by atoms with Gasteiger partial charge in [0.05, 0.1) is 0 Å². The zero-order valence-electron chi connectivity index (χ0n) is 8.96. The summed E-state index contributed by atoms with van der Waals surface area (Å²) in [6.07, 6.45) is 3.35. The minimum Gasteiger partial charge on any atom is -0.330 e. The fraction of sp³-hybridized carbons (Fsp3) is 0.500. The molecule has 1 nitrogen and oxygen atoms in total. The molecule has 1 aromatic carbocycles. The molecule has 1 fully saturated rings. The van der Waals surface area contributed by atoms with Crippen molar-refractivity contribution in [3.8, 4) is 0 Å². The summed E-state index contributed by atoms with van der Waals surface area (Å²) in [7, 11) is 0. The summed E-state index contributed by atoms with van der Waals surface area (Å²) in [6, 6.07) is 3.76. The van der Waals surface area contributed by atoms with Crippen LogP contribution in [0.5, 0.6) is 0 Å². The third-order valence-electron chi connectivity index (χ3n) is 3.06. The molecular weight excluding hydrogens is 228 g/mol. The summed E-state index contributed by atoms with van der Waals surface area (Å²) < 4.78 is 26.2. The minimum absolute atomic E-state index is 0.380. The highest BCUT2D eigenvalue weighted by Gasteiger charge is 2.27. The molecule has 0 radical (unpaired) electrons. The Morgan fingerprint density at radius 2 is 2.12 bits per heavy atom. The van der Waals surface area contributed by atoms with Gasteiger partial charge in [-0.3, -0.25) is 0 Å². The van der Waals surface area contributed by atoms with Crippen molar-refractivity contribution >= 4 is 11.8 Å². The lowest BCUT2D eigenvalue weighted by molar-refractivity contribution is 0.559.